The van der Waals surface area contributed by atoms with Gasteiger partial charge >= 0.3 is 5.97 Å². The smallest absolute Gasteiger partial charge is 0.305 e. The summed E-state index contributed by atoms with van der Waals surface area (Å²) >= 11 is 0. The molecule has 1 aromatic carbocycles. The number of guanidine groups is 1. The number of hydrogen-bond donors (Lipinski definition) is 2. The number of esters is 1. The lowest BCUT2D eigenvalue weighted by atomic mass is 10.2. The fourth-order valence-corrected chi connectivity index (χ4v) is 2.12. The minimum atomic E-state index is -0.141. The molecule has 0 amide bonds. The van der Waals surface area contributed by atoms with Gasteiger partial charge in [0.05, 0.1) is 20.8 Å². The van der Waals surface area contributed by atoms with Crippen molar-refractivity contribution in [2.24, 2.45) is 4.99 Å². The number of benzene rings is 1. The van der Waals surface area contributed by atoms with E-state index in [1.807, 2.05) is 31.2 Å². The second-order valence-corrected chi connectivity index (χ2v) is 5.36. The Bertz CT molecular complexity index is 507. The molecule has 7 heteroatoms. The molecular formula is C18H30IN3O3. The molecule has 0 heterocycles. The Morgan fingerprint density at radius 3 is 2.40 bits per heavy atom. The van der Waals surface area contributed by atoms with E-state index >= 15 is 0 Å². The van der Waals surface area contributed by atoms with Gasteiger partial charge in [-0.15, -0.1) is 24.0 Å². The van der Waals surface area contributed by atoms with Gasteiger partial charge in [-0.1, -0.05) is 18.6 Å². The summed E-state index contributed by atoms with van der Waals surface area (Å²) in [6, 6.07) is 7.90. The molecular weight excluding hydrogens is 433 g/mol. The maximum Gasteiger partial charge on any atom is 0.305 e. The number of ether oxygens (including phenoxy) is 2. The van der Waals surface area contributed by atoms with Gasteiger partial charge in [-0.2, -0.15) is 0 Å². The fraction of sp³-hybridized carbons (Fsp3) is 0.556. The highest BCUT2D eigenvalue weighted by Gasteiger charge is 2.01. The average molecular weight is 463 g/mol. The van der Waals surface area contributed by atoms with Crippen LogP contribution in [0.3, 0.4) is 0 Å². The third-order valence-electron chi connectivity index (χ3n) is 3.50. The summed E-state index contributed by atoms with van der Waals surface area (Å²) in [5.41, 5.74) is 1.13. The zero-order chi connectivity index (χ0) is 17.6. The molecule has 0 unspecified atom stereocenters. The minimum absolute atomic E-state index is 0. The molecule has 1 rings (SSSR count). The zero-order valence-electron chi connectivity index (χ0n) is 15.3. The van der Waals surface area contributed by atoms with Crippen LogP contribution in [0.2, 0.25) is 0 Å². The molecule has 0 saturated carbocycles. The topological polar surface area (TPSA) is 72.0 Å². The lowest BCUT2D eigenvalue weighted by Crippen LogP contribution is -2.37. The molecule has 0 spiro atoms. The van der Waals surface area contributed by atoms with E-state index in [4.69, 9.17) is 4.74 Å². The van der Waals surface area contributed by atoms with Crippen molar-refractivity contribution >= 4 is 35.9 Å². The van der Waals surface area contributed by atoms with Crippen LogP contribution in [0.4, 0.5) is 0 Å². The lowest BCUT2D eigenvalue weighted by molar-refractivity contribution is -0.140. The van der Waals surface area contributed by atoms with E-state index in [1.54, 1.807) is 7.11 Å². The molecule has 1 aromatic rings. The van der Waals surface area contributed by atoms with Crippen LogP contribution in [-0.2, 0) is 16.1 Å². The number of aliphatic imine (C=N–C) groups is 1. The van der Waals surface area contributed by atoms with Crippen LogP contribution in [0.25, 0.3) is 0 Å². The summed E-state index contributed by atoms with van der Waals surface area (Å²) in [7, 11) is 3.08. The van der Waals surface area contributed by atoms with E-state index in [-0.39, 0.29) is 29.9 Å². The lowest BCUT2D eigenvalue weighted by Gasteiger charge is -2.11. The highest BCUT2D eigenvalue weighted by atomic mass is 127. The monoisotopic (exact) mass is 463 g/mol. The first-order valence-corrected chi connectivity index (χ1v) is 8.41. The number of nitrogens with zero attached hydrogens (tertiary/aromatic N) is 1. The van der Waals surface area contributed by atoms with E-state index < -0.39 is 0 Å². The second-order valence-electron chi connectivity index (χ2n) is 5.36. The molecule has 0 radical (unpaired) electrons. The molecule has 0 atom stereocenters. The van der Waals surface area contributed by atoms with Crippen molar-refractivity contribution < 1.29 is 14.3 Å². The Balaban J connectivity index is 0.00000576. The quantitative estimate of drug-likeness (QED) is 0.184. The van der Waals surface area contributed by atoms with Crippen molar-refractivity contribution in [3.63, 3.8) is 0 Å². The summed E-state index contributed by atoms with van der Waals surface area (Å²) in [5.74, 6) is 1.51. The zero-order valence-corrected chi connectivity index (χ0v) is 17.7. The van der Waals surface area contributed by atoms with Crippen molar-refractivity contribution in [2.75, 3.05) is 27.3 Å². The maximum absolute atomic E-state index is 11.0. The number of unbranched alkanes of at least 4 members (excludes halogenated alkanes) is 2. The third-order valence-corrected chi connectivity index (χ3v) is 3.50. The summed E-state index contributed by atoms with van der Waals surface area (Å²) in [6.45, 7) is 4.30. The van der Waals surface area contributed by atoms with Crippen LogP contribution in [0.1, 0.15) is 38.2 Å². The summed E-state index contributed by atoms with van der Waals surface area (Å²) < 4.78 is 9.78. The minimum Gasteiger partial charge on any atom is -0.497 e. The Morgan fingerprint density at radius 1 is 1.08 bits per heavy atom. The molecule has 0 fully saturated rings. The van der Waals surface area contributed by atoms with Gasteiger partial charge < -0.3 is 20.1 Å². The third kappa shape index (κ3) is 10.9. The van der Waals surface area contributed by atoms with E-state index in [2.05, 4.69) is 20.4 Å². The van der Waals surface area contributed by atoms with Crippen molar-refractivity contribution in [1.82, 2.24) is 10.6 Å². The van der Waals surface area contributed by atoms with Gasteiger partial charge in [-0.3, -0.25) is 4.79 Å². The first kappa shape index (κ1) is 23.5. The number of methoxy groups -OCH3 is 2. The number of carbonyl (C=O) groups is 1. The van der Waals surface area contributed by atoms with Crippen molar-refractivity contribution in [2.45, 2.75) is 39.2 Å². The normalized spacial score (nSPS) is 10.6. The van der Waals surface area contributed by atoms with Gasteiger partial charge in [0.25, 0.3) is 0 Å². The number of halogens is 1. The van der Waals surface area contributed by atoms with E-state index in [1.165, 1.54) is 7.11 Å². The highest BCUT2D eigenvalue weighted by Crippen LogP contribution is 2.11. The first-order chi connectivity index (χ1) is 11.7. The van der Waals surface area contributed by atoms with E-state index in [0.29, 0.717) is 13.0 Å². The molecule has 142 valence electrons. The van der Waals surface area contributed by atoms with Crippen molar-refractivity contribution in [1.29, 1.82) is 0 Å². The number of rotatable bonds is 10. The van der Waals surface area contributed by atoms with Gasteiger partial charge in [0, 0.05) is 19.5 Å². The van der Waals surface area contributed by atoms with Crippen LogP contribution in [0.15, 0.2) is 29.3 Å². The van der Waals surface area contributed by atoms with Gasteiger partial charge in [0.1, 0.15) is 5.75 Å². The largest absolute Gasteiger partial charge is 0.497 e. The Kier molecular flexibility index (Phi) is 13.9. The predicted octanol–water partition coefficient (Wildman–Crippen LogP) is 3.10. The van der Waals surface area contributed by atoms with Crippen molar-refractivity contribution in [3.8, 4) is 5.75 Å². The number of carbonyl (C=O) groups excluding carboxylic acids is 1. The van der Waals surface area contributed by atoms with Crippen molar-refractivity contribution in [3.05, 3.63) is 29.8 Å². The molecule has 0 aliphatic heterocycles. The average Bonchev–Trinajstić information content (AvgIpc) is 2.62. The standard InChI is InChI=1S/C18H29N3O3.HI/c1-4-19-18(20-13-7-5-6-8-17(22)24-3)21-14-15-9-11-16(23-2)12-10-15;/h9-12H,4-8,13-14H2,1-3H3,(H2,19,20,21);1H. The molecule has 0 aliphatic rings. The predicted molar refractivity (Wildman–Crippen MR) is 112 cm³/mol. The van der Waals surface area contributed by atoms with Crippen LogP contribution < -0.4 is 15.4 Å². The molecule has 0 aliphatic carbocycles. The Labute approximate surface area is 167 Å². The molecule has 25 heavy (non-hydrogen) atoms. The van der Waals surface area contributed by atoms with E-state index in [0.717, 1.165) is 49.6 Å². The highest BCUT2D eigenvalue weighted by molar-refractivity contribution is 14.0. The summed E-state index contributed by atoms with van der Waals surface area (Å²) in [4.78, 5) is 15.6. The SMILES string of the molecule is CCNC(=NCc1ccc(OC)cc1)NCCCCCC(=O)OC.I. The summed E-state index contributed by atoms with van der Waals surface area (Å²) in [6.07, 6.45) is 3.32. The summed E-state index contributed by atoms with van der Waals surface area (Å²) in [5, 5.41) is 6.55. The Hall–Kier alpha value is -1.51. The molecule has 6 nitrogen and oxygen atoms in total. The van der Waals surface area contributed by atoms with Gasteiger partial charge in [-0.25, -0.2) is 4.99 Å². The van der Waals surface area contributed by atoms with Crippen LogP contribution in [0.5, 0.6) is 5.75 Å². The second kappa shape index (κ2) is 14.8. The van der Waals surface area contributed by atoms with Gasteiger partial charge in [-0.05, 0) is 37.5 Å². The van der Waals surface area contributed by atoms with Gasteiger partial charge in [0.15, 0.2) is 5.96 Å². The van der Waals surface area contributed by atoms with Crippen LogP contribution in [0, 0.1) is 0 Å². The Morgan fingerprint density at radius 2 is 1.80 bits per heavy atom. The van der Waals surface area contributed by atoms with Crippen LogP contribution >= 0.6 is 24.0 Å². The molecule has 2 N–H and O–H groups in total. The number of nitrogens with one attached hydrogen (secondary N) is 2. The fourth-order valence-electron chi connectivity index (χ4n) is 2.12. The van der Waals surface area contributed by atoms with E-state index in [9.17, 15) is 4.79 Å². The van der Waals surface area contributed by atoms with Gasteiger partial charge in [0.2, 0.25) is 0 Å². The van der Waals surface area contributed by atoms with Crippen LogP contribution in [-0.4, -0.2) is 39.2 Å². The first-order valence-electron chi connectivity index (χ1n) is 8.41. The molecule has 0 saturated heterocycles. The number of hydrogen-bond acceptors (Lipinski definition) is 4. The maximum atomic E-state index is 11.0. The molecule has 0 aromatic heterocycles. The molecule has 0 bridgehead atoms.